The van der Waals surface area contributed by atoms with Gasteiger partial charge in [-0.2, -0.15) is 4.98 Å². The van der Waals surface area contributed by atoms with Crippen LogP contribution in [-0.4, -0.2) is 20.5 Å². The normalized spacial score (nSPS) is 14.5. The van der Waals surface area contributed by atoms with Crippen LogP contribution in [0.1, 0.15) is 18.4 Å². The van der Waals surface area contributed by atoms with Gasteiger partial charge in [-0.05, 0) is 19.8 Å². The standard InChI is InChI=1S/C15H14N4OS/c1-9-2-4-10(5-3-9)12-8-21-15-17-14(18-19(12)15)16-13(20)11-6-7-11/h2-5,8,11H,6-7H2,1H3,(H,16,18,20). The molecule has 0 unspecified atom stereocenters. The van der Waals surface area contributed by atoms with Gasteiger partial charge in [0.1, 0.15) is 0 Å². The van der Waals surface area contributed by atoms with E-state index in [4.69, 9.17) is 0 Å². The number of carbonyl (C=O) groups excluding carboxylic acids is 1. The maximum atomic E-state index is 11.8. The fourth-order valence-corrected chi connectivity index (χ4v) is 3.05. The van der Waals surface area contributed by atoms with Crippen LogP contribution in [0.5, 0.6) is 0 Å². The Balaban J connectivity index is 1.68. The number of carbonyl (C=O) groups is 1. The minimum absolute atomic E-state index is 0.0325. The lowest BCUT2D eigenvalue weighted by Gasteiger charge is -2.00. The second-order valence-electron chi connectivity index (χ2n) is 5.38. The lowest BCUT2D eigenvalue weighted by molar-refractivity contribution is -0.117. The van der Waals surface area contributed by atoms with Gasteiger partial charge in [-0.25, -0.2) is 4.52 Å². The summed E-state index contributed by atoms with van der Waals surface area (Å²) in [6.07, 6.45) is 1.95. The molecule has 2 aromatic heterocycles. The number of amides is 1. The number of rotatable bonds is 3. The Morgan fingerprint density at radius 1 is 1.33 bits per heavy atom. The molecule has 1 aromatic carbocycles. The summed E-state index contributed by atoms with van der Waals surface area (Å²) >= 11 is 1.52. The fraction of sp³-hybridized carbons (Fsp3) is 0.267. The van der Waals surface area contributed by atoms with Crippen LogP contribution >= 0.6 is 11.3 Å². The van der Waals surface area contributed by atoms with Crippen molar-refractivity contribution in [2.45, 2.75) is 19.8 Å². The maximum Gasteiger partial charge on any atom is 0.250 e. The van der Waals surface area contributed by atoms with E-state index in [0.717, 1.165) is 29.1 Å². The molecule has 0 radical (unpaired) electrons. The Labute approximate surface area is 125 Å². The first-order valence-electron chi connectivity index (χ1n) is 6.93. The lowest BCUT2D eigenvalue weighted by atomic mass is 10.1. The summed E-state index contributed by atoms with van der Waals surface area (Å²) < 4.78 is 1.79. The van der Waals surface area contributed by atoms with E-state index in [9.17, 15) is 4.79 Å². The van der Waals surface area contributed by atoms with Crippen LogP contribution in [0.3, 0.4) is 0 Å². The van der Waals surface area contributed by atoms with Crippen molar-refractivity contribution in [1.82, 2.24) is 14.6 Å². The first-order chi connectivity index (χ1) is 10.2. The zero-order valence-electron chi connectivity index (χ0n) is 11.5. The number of aryl methyl sites for hydroxylation is 1. The van der Waals surface area contributed by atoms with E-state index in [2.05, 4.69) is 46.6 Å². The van der Waals surface area contributed by atoms with Crippen LogP contribution in [0.15, 0.2) is 29.6 Å². The summed E-state index contributed by atoms with van der Waals surface area (Å²) in [4.78, 5) is 16.9. The summed E-state index contributed by atoms with van der Waals surface area (Å²) in [5.41, 5.74) is 3.31. The van der Waals surface area contributed by atoms with Crippen LogP contribution < -0.4 is 5.32 Å². The van der Waals surface area contributed by atoms with Gasteiger partial charge in [0.2, 0.25) is 16.8 Å². The van der Waals surface area contributed by atoms with Gasteiger partial charge in [-0.1, -0.05) is 29.8 Å². The predicted octanol–water partition coefficient (Wildman–Crippen LogP) is 3.11. The third-order valence-corrected chi connectivity index (χ3v) is 4.43. The monoisotopic (exact) mass is 298 g/mol. The SMILES string of the molecule is Cc1ccc(-c2csc3nc(NC(=O)C4CC4)nn23)cc1. The Morgan fingerprint density at radius 2 is 2.10 bits per heavy atom. The van der Waals surface area contributed by atoms with E-state index in [0.29, 0.717) is 5.95 Å². The molecule has 106 valence electrons. The molecule has 0 spiro atoms. The van der Waals surface area contributed by atoms with Gasteiger partial charge < -0.3 is 0 Å². The molecule has 1 amide bonds. The van der Waals surface area contributed by atoms with E-state index in [1.807, 2.05) is 5.38 Å². The largest absolute Gasteiger partial charge is 0.293 e. The van der Waals surface area contributed by atoms with Gasteiger partial charge in [0.25, 0.3) is 0 Å². The molecular weight excluding hydrogens is 284 g/mol. The Hall–Kier alpha value is -2.21. The van der Waals surface area contributed by atoms with Crippen molar-refractivity contribution < 1.29 is 4.79 Å². The van der Waals surface area contributed by atoms with Gasteiger partial charge >= 0.3 is 0 Å². The lowest BCUT2D eigenvalue weighted by Crippen LogP contribution is -2.14. The van der Waals surface area contributed by atoms with Crippen molar-refractivity contribution in [2.24, 2.45) is 5.92 Å². The molecule has 1 fully saturated rings. The molecule has 1 aliphatic rings. The van der Waals surface area contributed by atoms with Crippen molar-refractivity contribution >= 4 is 28.2 Å². The summed E-state index contributed by atoms with van der Waals surface area (Å²) in [5.74, 6) is 0.584. The van der Waals surface area contributed by atoms with Crippen molar-refractivity contribution in [1.29, 1.82) is 0 Å². The number of nitrogens with zero attached hydrogens (tertiary/aromatic N) is 3. The molecule has 21 heavy (non-hydrogen) atoms. The molecule has 3 aromatic rings. The Morgan fingerprint density at radius 3 is 2.81 bits per heavy atom. The average Bonchev–Trinajstić information content (AvgIpc) is 3.15. The number of benzene rings is 1. The van der Waals surface area contributed by atoms with Crippen LogP contribution in [0, 0.1) is 12.8 Å². The molecule has 0 aliphatic heterocycles. The number of hydrogen-bond acceptors (Lipinski definition) is 4. The van der Waals surface area contributed by atoms with Crippen molar-refractivity contribution in [3.63, 3.8) is 0 Å². The number of anilines is 1. The van der Waals surface area contributed by atoms with Gasteiger partial charge in [-0.3, -0.25) is 10.1 Å². The first-order valence-corrected chi connectivity index (χ1v) is 7.81. The first kappa shape index (κ1) is 12.5. The fourth-order valence-electron chi connectivity index (χ4n) is 2.21. The molecule has 5 nitrogen and oxygen atoms in total. The molecule has 1 aliphatic carbocycles. The summed E-state index contributed by atoms with van der Waals surface area (Å²) in [6, 6.07) is 8.29. The highest BCUT2D eigenvalue weighted by molar-refractivity contribution is 7.15. The summed E-state index contributed by atoms with van der Waals surface area (Å²) in [5, 5.41) is 9.23. The van der Waals surface area contributed by atoms with E-state index in [1.165, 1.54) is 16.9 Å². The van der Waals surface area contributed by atoms with E-state index < -0.39 is 0 Å². The second kappa shape index (κ2) is 4.66. The molecule has 6 heteroatoms. The van der Waals surface area contributed by atoms with E-state index in [-0.39, 0.29) is 11.8 Å². The second-order valence-corrected chi connectivity index (χ2v) is 6.22. The minimum Gasteiger partial charge on any atom is -0.293 e. The molecular formula is C15H14N4OS. The number of hydrogen-bond donors (Lipinski definition) is 1. The zero-order chi connectivity index (χ0) is 14.4. The third kappa shape index (κ3) is 2.31. The van der Waals surface area contributed by atoms with Gasteiger partial charge in [0.05, 0.1) is 5.69 Å². The van der Waals surface area contributed by atoms with Gasteiger partial charge in [0, 0.05) is 16.9 Å². The van der Waals surface area contributed by atoms with Crippen LogP contribution in [0.4, 0.5) is 5.95 Å². The van der Waals surface area contributed by atoms with Crippen LogP contribution in [0.25, 0.3) is 16.2 Å². The molecule has 4 rings (SSSR count). The van der Waals surface area contributed by atoms with Crippen molar-refractivity contribution in [2.75, 3.05) is 5.32 Å². The summed E-state index contributed by atoms with van der Waals surface area (Å²) in [6.45, 7) is 2.06. The summed E-state index contributed by atoms with van der Waals surface area (Å²) in [7, 11) is 0. The zero-order valence-corrected chi connectivity index (χ0v) is 12.4. The maximum absolute atomic E-state index is 11.8. The van der Waals surface area contributed by atoms with Gasteiger partial charge in [-0.15, -0.1) is 16.4 Å². The molecule has 0 bridgehead atoms. The van der Waals surface area contributed by atoms with Crippen LogP contribution in [0.2, 0.25) is 0 Å². The highest BCUT2D eigenvalue weighted by Gasteiger charge is 2.30. The predicted molar refractivity (Wildman–Crippen MR) is 82.4 cm³/mol. The number of aromatic nitrogens is 3. The number of nitrogens with one attached hydrogen (secondary N) is 1. The van der Waals surface area contributed by atoms with Crippen LogP contribution in [-0.2, 0) is 4.79 Å². The Bertz CT molecular complexity index is 814. The molecule has 0 saturated heterocycles. The molecule has 1 saturated carbocycles. The minimum atomic E-state index is 0.0325. The Kier molecular flexibility index (Phi) is 2.78. The number of thiazole rings is 1. The van der Waals surface area contributed by atoms with Gasteiger partial charge in [0.15, 0.2) is 0 Å². The van der Waals surface area contributed by atoms with E-state index >= 15 is 0 Å². The third-order valence-electron chi connectivity index (χ3n) is 3.61. The topological polar surface area (TPSA) is 59.3 Å². The highest BCUT2D eigenvalue weighted by atomic mass is 32.1. The smallest absolute Gasteiger partial charge is 0.250 e. The van der Waals surface area contributed by atoms with Crippen molar-refractivity contribution in [3.8, 4) is 11.3 Å². The van der Waals surface area contributed by atoms with Crippen molar-refractivity contribution in [3.05, 3.63) is 35.2 Å². The van der Waals surface area contributed by atoms with E-state index in [1.54, 1.807) is 4.52 Å². The molecule has 2 heterocycles. The molecule has 0 atom stereocenters. The quantitative estimate of drug-likeness (QED) is 0.808. The number of fused-ring (bicyclic) bond motifs is 1. The average molecular weight is 298 g/mol. The molecule has 1 N–H and O–H groups in total. The highest BCUT2D eigenvalue weighted by Crippen LogP contribution is 2.30.